The Kier molecular flexibility index (Phi) is 3.94. The Bertz CT molecular complexity index is 457. The number of nitrogens with one attached hydrogen (secondary N) is 1. The Balaban J connectivity index is 2.90. The van der Waals surface area contributed by atoms with Crippen molar-refractivity contribution in [2.75, 3.05) is 5.32 Å². The summed E-state index contributed by atoms with van der Waals surface area (Å²) in [5.74, 6) is -2.12. The number of hydrogen-bond donors (Lipinski definition) is 3. The van der Waals surface area contributed by atoms with Gasteiger partial charge in [0.05, 0.1) is 20.9 Å². The largest absolute Gasteiger partial charge is 0.349 e. The molecule has 0 radical (unpaired) electrons. The maximum absolute atomic E-state index is 9.95. The first kappa shape index (κ1) is 13.3. The highest BCUT2D eigenvalue weighted by Gasteiger charge is 2.16. The molecule has 1 rings (SSSR count). The number of anilines is 1. The molecule has 0 aliphatic heterocycles. The highest BCUT2D eigenvalue weighted by Crippen LogP contribution is 2.28. The van der Waals surface area contributed by atoms with E-state index in [2.05, 4.69) is 15.7 Å². The number of aliphatic hydroxyl groups is 2. The van der Waals surface area contributed by atoms with Crippen LogP contribution in [0, 0.1) is 10.1 Å². The topological polar surface area (TPSA) is 120 Å². The number of hydrogen-bond acceptors (Lipinski definition) is 6. The predicted octanol–water partition coefficient (Wildman–Crippen LogP) is 1.69. The van der Waals surface area contributed by atoms with E-state index < -0.39 is 10.9 Å². The van der Waals surface area contributed by atoms with Gasteiger partial charge >= 0.3 is 0 Å². The summed E-state index contributed by atoms with van der Waals surface area (Å²) >= 11 is 5.79. The normalized spacial score (nSPS) is 11.8. The molecule has 0 atom stereocenters. The Morgan fingerprint density at radius 3 is 2.65 bits per heavy atom. The Hall–Kier alpha value is -1.77. The van der Waals surface area contributed by atoms with Crippen molar-refractivity contribution in [2.45, 2.75) is 12.8 Å². The molecule has 0 bridgehead atoms. The van der Waals surface area contributed by atoms with Crippen LogP contribution in [-0.4, -0.2) is 21.2 Å². The van der Waals surface area contributed by atoms with Gasteiger partial charge in [-0.25, -0.2) is 0 Å². The number of halogens is 1. The molecule has 0 saturated carbocycles. The first-order chi connectivity index (χ1) is 7.78. The van der Waals surface area contributed by atoms with Crippen LogP contribution in [-0.2, 0) is 0 Å². The van der Waals surface area contributed by atoms with Crippen LogP contribution >= 0.6 is 11.6 Å². The van der Waals surface area contributed by atoms with Gasteiger partial charge in [0, 0.05) is 13.0 Å². The molecule has 1 aromatic carbocycles. The minimum atomic E-state index is -2.12. The van der Waals surface area contributed by atoms with Gasteiger partial charge in [0.2, 0.25) is 11.6 Å². The van der Waals surface area contributed by atoms with E-state index in [1.807, 2.05) is 0 Å². The zero-order valence-corrected chi connectivity index (χ0v) is 9.42. The molecule has 0 aromatic heterocycles. The molecule has 3 N–H and O–H groups in total. The monoisotopic (exact) mass is 260 g/mol. The summed E-state index contributed by atoms with van der Waals surface area (Å²) in [6.45, 7) is 1.11. The van der Waals surface area contributed by atoms with Gasteiger partial charge in [0.25, 0.3) is 0 Å². The maximum atomic E-state index is 9.95. The lowest BCUT2D eigenvalue weighted by atomic mass is 10.3. The van der Waals surface area contributed by atoms with E-state index >= 15 is 0 Å². The summed E-state index contributed by atoms with van der Waals surface area (Å²) in [6, 6.07) is 4.07. The van der Waals surface area contributed by atoms with Crippen LogP contribution in [0.3, 0.4) is 0 Å². The molecule has 92 valence electrons. The lowest BCUT2D eigenvalue weighted by molar-refractivity contribution is -0.493. The van der Waals surface area contributed by atoms with Crippen LogP contribution in [0.1, 0.15) is 6.92 Å². The fourth-order valence-electron chi connectivity index (χ4n) is 1.01. The third-order valence-electron chi connectivity index (χ3n) is 1.56. The van der Waals surface area contributed by atoms with Gasteiger partial charge in [0.1, 0.15) is 0 Å². The molecule has 0 unspecified atom stereocenters. The van der Waals surface area contributed by atoms with Crippen molar-refractivity contribution >= 4 is 23.0 Å². The van der Waals surface area contributed by atoms with Gasteiger partial charge in [-0.1, -0.05) is 11.6 Å². The lowest BCUT2D eigenvalue weighted by Crippen LogP contribution is -2.33. The van der Waals surface area contributed by atoms with Crippen LogP contribution in [0.5, 0.6) is 0 Å². The SMILES string of the molecule is CC(O)(O)Nc1ccc(N=N[N+](=O)[O-])cc1Cl. The molecular weight excluding hydrogens is 252 g/mol. The van der Waals surface area contributed by atoms with Crippen LogP contribution in [0.2, 0.25) is 5.02 Å². The van der Waals surface area contributed by atoms with Crippen molar-refractivity contribution in [3.05, 3.63) is 33.3 Å². The molecule has 0 fully saturated rings. The maximum Gasteiger partial charge on any atom is 0.241 e. The van der Waals surface area contributed by atoms with E-state index in [1.54, 1.807) is 0 Å². The number of rotatable bonds is 4. The number of nitro groups is 1. The zero-order valence-electron chi connectivity index (χ0n) is 8.66. The van der Waals surface area contributed by atoms with Gasteiger partial charge in [-0.15, -0.1) is 0 Å². The van der Waals surface area contributed by atoms with Crippen LogP contribution in [0.4, 0.5) is 11.4 Å². The average Bonchev–Trinajstić information content (AvgIpc) is 2.17. The second kappa shape index (κ2) is 5.04. The van der Waals surface area contributed by atoms with Crippen molar-refractivity contribution in [2.24, 2.45) is 10.3 Å². The van der Waals surface area contributed by atoms with Crippen molar-refractivity contribution < 1.29 is 15.2 Å². The van der Waals surface area contributed by atoms with E-state index in [0.717, 1.165) is 6.92 Å². The molecule has 0 saturated heterocycles. The standard InChI is InChI=1S/C8H9ClN4O4/c1-8(14,15)10-7-3-2-5(4-6(7)9)11-12-13(16)17/h2-4,10,14-15H,1H3. The molecule has 1 aromatic rings. The summed E-state index contributed by atoms with van der Waals surface area (Å²) < 4.78 is 0. The molecule has 17 heavy (non-hydrogen) atoms. The summed E-state index contributed by atoms with van der Waals surface area (Å²) in [7, 11) is 0. The van der Waals surface area contributed by atoms with Crippen LogP contribution < -0.4 is 5.32 Å². The molecule has 0 aliphatic carbocycles. The van der Waals surface area contributed by atoms with Gasteiger partial charge in [-0.2, -0.15) is 0 Å². The smallest absolute Gasteiger partial charge is 0.241 e. The molecule has 0 heterocycles. The summed E-state index contributed by atoms with van der Waals surface area (Å²) in [6.07, 6.45) is 0. The minimum absolute atomic E-state index is 0.124. The first-order valence-corrected chi connectivity index (χ1v) is 4.74. The fourth-order valence-corrected chi connectivity index (χ4v) is 1.23. The number of nitrogens with zero attached hydrogens (tertiary/aromatic N) is 3. The highest BCUT2D eigenvalue weighted by molar-refractivity contribution is 6.33. The number of benzene rings is 1. The van der Waals surface area contributed by atoms with E-state index in [9.17, 15) is 10.1 Å². The van der Waals surface area contributed by atoms with Gasteiger partial charge < -0.3 is 25.6 Å². The van der Waals surface area contributed by atoms with Gasteiger partial charge in [-0.05, 0) is 12.1 Å². The van der Waals surface area contributed by atoms with Crippen LogP contribution in [0.25, 0.3) is 0 Å². The van der Waals surface area contributed by atoms with Crippen molar-refractivity contribution in [1.29, 1.82) is 0 Å². The van der Waals surface area contributed by atoms with Crippen molar-refractivity contribution in [3.8, 4) is 0 Å². The Labute approximate surface area is 101 Å². The van der Waals surface area contributed by atoms with Crippen molar-refractivity contribution in [1.82, 2.24) is 0 Å². The minimum Gasteiger partial charge on any atom is -0.349 e. The summed E-state index contributed by atoms with van der Waals surface area (Å²) in [4.78, 5) is 9.95. The summed E-state index contributed by atoms with van der Waals surface area (Å²) in [5, 5.41) is 35.6. The molecule has 8 nitrogen and oxygen atoms in total. The Morgan fingerprint density at radius 1 is 1.53 bits per heavy atom. The molecule has 9 heteroatoms. The zero-order chi connectivity index (χ0) is 13.1. The molecular formula is C8H9ClN4O4. The van der Waals surface area contributed by atoms with Crippen LogP contribution in [0.15, 0.2) is 28.5 Å². The van der Waals surface area contributed by atoms with Gasteiger partial charge in [-0.3, -0.25) is 0 Å². The lowest BCUT2D eigenvalue weighted by Gasteiger charge is -2.19. The fraction of sp³-hybridized carbons (Fsp3) is 0.250. The molecule has 0 amide bonds. The first-order valence-electron chi connectivity index (χ1n) is 4.36. The van der Waals surface area contributed by atoms with E-state index in [1.165, 1.54) is 18.2 Å². The average molecular weight is 261 g/mol. The highest BCUT2D eigenvalue weighted by atomic mass is 35.5. The second-order valence-electron chi connectivity index (χ2n) is 3.24. The van der Waals surface area contributed by atoms with Crippen molar-refractivity contribution in [3.63, 3.8) is 0 Å². The summed E-state index contributed by atoms with van der Waals surface area (Å²) in [5.41, 5.74) is 0.425. The molecule has 0 aliphatic rings. The second-order valence-corrected chi connectivity index (χ2v) is 3.64. The third-order valence-corrected chi connectivity index (χ3v) is 1.87. The predicted molar refractivity (Wildman–Crippen MR) is 59.4 cm³/mol. The van der Waals surface area contributed by atoms with Gasteiger partial charge in [0.15, 0.2) is 5.22 Å². The third kappa shape index (κ3) is 4.72. The van der Waals surface area contributed by atoms with E-state index in [4.69, 9.17) is 21.8 Å². The Morgan fingerprint density at radius 2 is 2.18 bits per heavy atom. The quantitative estimate of drug-likeness (QED) is 0.329. The van der Waals surface area contributed by atoms with E-state index in [-0.39, 0.29) is 16.4 Å². The molecule has 0 spiro atoms. The van der Waals surface area contributed by atoms with E-state index in [0.29, 0.717) is 0 Å².